The third kappa shape index (κ3) is 6.16. The molecule has 0 fully saturated rings. The van der Waals surface area contributed by atoms with Crippen molar-refractivity contribution in [3.8, 4) is 5.75 Å². The zero-order chi connectivity index (χ0) is 20.6. The first-order chi connectivity index (χ1) is 14.0. The Kier molecular flexibility index (Phi) is 7.42. The summed E-state index contributed by atoms with van der Waals surface area (Å²) in [7, 11) is 0. The normalized spacial score (nSPS) is 11.8. The average molecular weight is 409 g/mol. The molecule has 4 nitrogen and oxygen atoms in total. The molecule has 0 aliphatic heterocycles. The van der Waals surface area contributed by atoms with Crippen LogP contribution in [-0.2, 0) is 24.4 Å². The number of benzene rings is 2. The van der Waals surface area contributed by atoms with Crippen molar-refractivity contribution < 1.29 is 9.53 Å². The highest BCUT2D eigenvalue weighted by Gasteiger charge is 2.20. The molecule has 0 aliphatic rings. The van der Waals surface area contributed by atoms with Crippen LogP contribution < -0.4 is 4.74 Å². The Hall–Kier alpha value is -2.66. The Morgan fingerprint density at radius 3 is 2.69 bits per heavy atom. The van der Waals surface area contributed by atoms with E-state index in [1.807, 2.05) is 71.8 Å². The maximum atomic E-state index is 12.9. The van der Waals surface area contributed by atoms with E-state index in [1.165, 1.54) is 5.56 Å². The van der Waals surface area contributed by atoms with Gasteiger partial charge in [0.15, 0.2) is 0 Å². The van der Waals surface area contributed by atoms with E-state index in [4.69, 9.17) is 9.72 Å². The second-order valence-electron chi connectivity index (χ2n) is 7.28. The second kappa shape index (κ2) is 10.2. The van der Waals surface area contributed by atoms with Gasteiger partial charge >= 0.3 is 0 Å². The molecule has 0 N–H and O–H groups in total. The molecule has 0 radical (unpaired) electrons. The van der Waals surface area contributed by atoms with Crippen LogP contribution >= 0.6 is 11.3 Å². The number of carbonyl (C=O) groups is 1. The summed E-state index contributed by atoms with van der Waals surface area (Å²) < 4.78 is 5.85. The van der Waals surface area contributed by atoms with E-state index in [0.717, 1.165) is 28.4 Å². The minimum atomic E-state index is 0.135. The van der Waals surface area contributed by atoms with Gasteiger partial charge < -0.3 is 9.64 Å². The van der Waals surface area contributed by atoms with Crippen molar-refractivity contribution in [2.45, 2.75) is 52.8 Å². The maximum Gasteiger partial charge on any atom is 0.227 e. The lowest BCUT2D eigenvalue weighted by Gasteiger charge is -2.28. The van der Waals surface area contributed by atoms with E-state index < -0.39 is 0 Å². The van der Waals surface area contributed by atoms with Crippen molar-refractivity contribution in [1.29, 1.82) is 0 Å². The predicted molar refractivity (Wildman–Crippen MR) is 118 cm³/mol. The molecule has 1 amide bonds. The first-order valence-corrected chi connectivity index (χ1v) is 10.9. The maximum absolute atomic E-state index is 12.9. The van der Waals surface area contributed by atoms with Crippen LogP contribution in [-0.4, -0.2) is 21.8 Å². The molecule has 29 heavy (non-hydrogen) atoms. The quantitative estimate of drug-likeness (QED) is 0.476. The lowest BCUT2D eigenvalue weighted by Crippen LogP contribution is -2.38. The van der Waals surface area contributed by atoms with Crippen molar-refractivity contribution in [2.75, 3.05) is 0 Å². The molecule has 152 valence electrons. The molecule has 1 atom stereocenters. The van der Waals surface area contributed by atoms with Crippen LogP contribution in [0.3, 0.4) is 0 Å². The molecule has 0 saturated heterocycles. The summed E-state index contributed by atoms with van der Waals surface area (Å²) in [6.07, 6.45) is 1.33. The Labute approximate surface area is 177 Å². The standard InChI is InChI=1S/C24H28N2O2S/c1-4-19(3)26(24(27)14-20-10-6-5-7-11-20)15-21-17-29-23(25-21)16-28-22-12-8-9-18(2)13-22/h5-13,17,19H,4,14-16H2,1-3H3. The fourth-order valence-electron chi connectivity index (χ4n) is 3.09. The number of rotatable bonds is 9. The van der Waals surface area contributed by atoms with E-state index in [2.05, 4.69) is 13.8 Å². The number of nitrogens with zero attached hydrogens (tertiary/aromatic N) is 2. The van der Waals surface area contributed by atoms with Gasteiger partial charge in [0.05, 0.1) is 18.7 Å². The SMILES string of the molecule is CCC(C)N(Cc1csc(COc2cccc(C)c2)n1)C(=O)Cc1ccccc1. The van der Waals surface area contributed by atoms with Crippen molar-refractivity contribution in [1.82, 2.24) is 9.88 Å². The Morgan fingerprint density at radius 1 is 1.17 bits per heavy atom. The summed E-state index contributed by atoms with van der Waals surface area (Å²) in [6.45, 7) is 7.22. The summed E-state index contributed by atoms with van der Waals surface area (Å²) in [4.78, 5) is 19.6. The fourth-order valence-corrected chi connectivity index (χ4v) is 3.79. The van der Waals surface area contributed by atoms with E-state index in [0.29, 0.717) is 19.6 Å². The molecule has 0 saturated carbocycles. The average Bonchev–Trinajstić information content (AvgIpc) is 3.18. The smallest absolute Gasteiger partial charge is 0.227 e. The largest absolute Gasteiger partial charge is 0.486 e. The van der Waals surface area contributed by atoms with Crippen molar-refractivity contribution >= 4 is 17.2 Å². The number of thiazole rings is 1. The minimum Gasteiger partial charge on any atom is -0.486 e. The second-order valence-corrected chi connectivity index (χ2v) is 8.22. The molecule has 0 spiro atoms. The van der Waals surface area contributed by atoms with Gasteiger partial charge in [-0.1, -0.05) is 49.4 Å². The van der Waals surface area contributed by atoms with Gasteiger partial charge in [-0.2, -0.15) is 0 Å². The highest BCUT2D eigenvalue weighted by Crippen LogP contribution is 2.19. The van der Waals surface area contributed by atoms with Crippen molar-refractivity contribution in [2.24, 2.45) is 0 Å². The zero-order valence-corrected chi connectivity index (χ0v) is 18.1. The highest BCUT2D eigenvalue weighted by molar-refractivity contribution is 7.09. The molecule has 3 aromatic rings. The van der Waals surface area contributed by atoms with Crippen LogP contribution in [0.1, 0.15) is 42.1 Å². The molecular formula is C24H28N2O2S. The van der Waals surface area contributed by atoms with Crippen LogP contribution in [0.4, 0.5) is 0 Å². The van der Waals surface area contributed by atoms with Gasteiger partial charge in [-0.15, -0.1) is 11.3 Å². The van der Waals surface area contributed by atoms with Gasteiger partial charge in [0.1, 0.15) is 17.4 Å². The lowest BCUT2D eigenvalue weighted by atomic mass is 10.1. The van der Waals surface area contributed by atoms with Gasteiger partial charge in [0.25, 0.3) is 0 Å². The highest BCUT2D eigenvalue weighted by atomic mass is 32.1. The van der Waals surface area contributed by atoms with Crippen LogP contribution in [0.5, 0.6) is 5.75 Å². The van der Waals surface area contributed by atoms with Crippen molar-refractivity contribution in [3.63, 3.8) is 0 Å². The third-order valence-electron chi connectivity index (χ3n) is 4.92. The summed E-state index contributed by atoms with van der Waals surface area (Å²) in [5.74, 6) is 0.983. The van der Waals surface area contributed by atoms with E-state index in [9.17, 15) is 4.79 Å². The zero-order valence-electron chi connectivity index (χ0n) is 17.3. The first-order valence-electron chi connectivity index (χ1n) is 10.0. The molecule has 1 aromatic heterocycles. The van der Waals surface area contributed by atoms with Crippen LogP contribution in [0.15, 0.2) is 60.0 Å². The number of aromatic nitrogens is 1. The molecule has 0 bridgehead atoms. The Morgan fingerprint density at radius 2 is 1.97 bits per heavy atom. The molecule has 1 unspecified atom stereocenters. The minimum absolute atomic E-state index is 0.135. The van der Waals surface area contributed by atoms with Gasteiger partial charge in [0, 0.05) is 11.4 Å². The van der Waals surface area contributed by atoms with Gasteiger partial charge in [0.2, 0.25) is 5.91 Å². The monoisotopic (exact) mass is 408 g/mol. The van der Waals surface area contributed by atoms with Gasteiger partial charge in [-0.3, -0.25) is 4.79 Å². The fraction of sp³-hybridized carbons (Fsp3) is 0.333. The molecule has 5 heteroatoms. The Bertz CT molecular complexity index is 923. The predicted octanol–water partition coefficient (Wildman–Crippen LogP) is 5.40. The topological polar surface area (TPSA) is 42.4 Å². The Balaban J connectivity index is 1.63. The summed E-state index contributed by atoms with van der Waals surface area (Å²) in [5.41, 5.74) is 3.12. The van der Waals surface area contributed by atoms with Gasteiger partial charge in [-0.05, 0) is 43.5 Å². The van der Waals surface area contributed by atoms with E-state index >= 15 is 0 Å². The first kappa shape index (κ1) is 21.1. The van der Waals surface area contributed by atoms with Crippen LogP contribution in [0, 0.1) is 6.92 Å². The number of aryl methyl sites for hydroxylation is 1. The molecule has 1 heterocycles. The third-order valence-corrected chi connectivity index (χ3v) is 5.80. The van der Waals surface area contributed by atoms with Crippen LogP contribution in [0.2, 0.25) is 0 Å². The summed E-state index contributed by atoms with van der Waals surface area (Å²) in [6, 6.07) is 18.1. The molecular weight excluding hydrogens is 380 g/mol. The number of hydrogen-bond donors (Lipinski definition) is 0. The summed E-state index contributed by atoms with van der Waals surface area (Å²) >= 11 is 1.58. The number of ether oxygens (including phenoxy) is 1. The summed E-state index contributed by atoms with van der Waals surface area (Å²) in [5, 5.41) is 2.95. The van der Waals surface area contributed by atoms with E-state index in [1.54, 1.807) is 11.3 Å². The van der Waals surface area contributed by atoms with Gasteiger partial charge in [-0.25, -0.2) is 4.98 Å². The molecule has 0 aliphatic carbocycles. The van der Waals surface area contributed by atoms with Crippen molar-refractivity contribution in [3.05, 3.63) is 81.8 Å². The molecule has 2 aromatic carbocycles. The number of carbonyl (C=O) groups excluding carboxylic acids is 1. The molecule has 3 rings (SSSR count). The van der Waals surface area contributed by atoms with Crippen LogP contribution in [0.25, 0.3) is 0 Å². The number of hydrogen-bond acceptors (Lipinski definition) is 4. The number of amides is 1. The lowest BCUT2D eigenvalue weighted by molar-refractivity contribution is -0.133. The van der Waals surface area contributed by atoms with E-state index in [-0.39, 0.29) is 11.9 Å².